The number of phenolic OH excluding ortho intramolecular Hbond substituents is 1. The van der Waals surface area contributed by atoms with E-state index in [4.69, 9.17) is 6.57 Å². The second-order valence-corrected chi connectivity index (χ2v) is 7.98. The van der Waals surface area contributed by atoms with Gasteiger partial charge in [0, 0.05) is 50.4 Å². The van der Waals surface area contributed by atoms with Gasteiger partial charge in [0.2, 0.25) is 5.52 Å². The van der Waals surface area contributed by atoms with Gasteiger partial charge in [-0.1, -0.05) is 24.8 Å². The normalized spacial score (nSPS) is 19.7. The predicted molar refractivity (Wildman–Crippen MR) is 118 cm³/mol. The van der Waals surface area contributed by atoms with E-state index in [0.717, 1.165) is 29.9 Å². The van der Waals surface area contributed by atoms with Crippen LogP contribution in [0, 0.1) is 6.57 Å². The Morgan fingerprint density at radius 2 is 1.93 bits per heavy atom. The van der Waals surface area contributed by atoms with E-state index in [9.17, 15) is 9.90 Å². The number of hydrogen-bond donors (Lipinski definition) is 1. The van der Waals surface area contributed by atoms with Crippen molar-refractivity contribution >= 4 is 22.5 Å². The standard InChI is InChI=1S/C23H25N5O2/c1-15-13-28(16(2)12-27(15)14-17-7-5-6-8-20(17)29)19-11-22(30)26(4)18-9-10-21(24-3)25-23(18)19/h5-11,15-16,29H,12-14H2,1-2,4H3/t15-,16+/m1/s1. The first-order valence-electron chi connectivity index (χ1n) is 10.0. The van der Waals surface area contributed by atoms with Gasteiger partial charge in [0.1, 0.15) is 5.75 Å². The summed E-state index contributed by atoms with van der Waals surface area (Å²) in [5.74, 6) is 0.634. The lowest BCUT2D eigenvalue weighted by Gasteiger charge is -2.45. The molecule has 1 N–H and O–H groups in total. The fourth-order valence-electron chi connectivity index (χ4n) is 4.20. The molecule has 3 heterocycles. The minimum absolute atomic E-state index is 0.0913. The third kappa shape index (κ3) is 3.51. The van der Waals surface area contributed by atoms with Gasteiger partial charge >= 0.3 is 0 Å². The molecular formula is C23H25N5O2. The van der Waals surface area contributed by atoms with Crippen LogP contribution in [0.25, 0.3) is 15.9 Å². The van der Waals surface area contributed by atoms with Gasteiger partial charge < -0.3 is 19.4 Å². The number of fused-ring (bicyclic) bond motifs is 1. The molecule has 30 heavy (non-hydrogen) atoms. The Morgan fingerprint density at radius 3 is 2.67 bits per heavy atom. The second kappa shape index (κ2) is 7.81. The van der Waals surface area contributed by atoms with Gasteiger partial charge in [-0.05, 0) is 32.0 Å². The van der Waals surface area contributed by atoms with Crippen molar-refractivity contribution in [2.24, 2.45) is 7.05 Å². The zero-order valence-corrected chi connectivity index (χ0v) is 17.4. The molecule has 2 atom stereocenters. The largest absolute Gasteiger partial charge is 0.508 e. The molecule has 7 nitrogen and oxygen atoms in total. The van der Waals surface area contributed by atoms with Crippen LogP contribution >= 0.6 is 0 Å². The summed E-state index contributed by atoms with van der Waals surface area (Å²) in [4.78, 5) is 25.1. The molecule has 4 rings (SSSR count). The minimum Gasteiger partial charge on any atom is -0.508 e. The van der Waals surface area contributed by atoms with E-state index >= 15 is 0 Å². The molecule has 7 heteroatoms. The van der Waals surface area contributed by atoms with Crippen LogP contribution < -0.4 is 10.5 Å². The Hall–Kier alpha value is -3.37. The highest BCUT2D eigenvalue weighted by molar-refractivity contribution is 5.89. The highest BCUT2D eigenvalue weighted by Crippen LogP contribution is 2.31. The predicted octanol–water partition coefficient (Wildman–Crippen LogP) is 3.29. The third-order valence-electron chi connectivity index (χ3n) is 5.96. The number of phenols is 1. The van der Waals surface area contributed by atoms with Crippen LogP contribution in [-0.4, -0.2) is 44.7 Å². The maximum atomic E-state index is 12.6. The van der Waals surface area contributed by atoms with E-state index in [0.29, 0.717) is 23.6 Å². The summed E-state index contributed by atoms with van der Waals surface area (Å²) in [5, 5.41) is 10.1. The second-order valence-electron chi connectivity index (χ2n) is 7.98. The first kappa shape index (κ1) is 19.9. The van der Waals surface area contributed by atoms with Crippen molar-refractivity contribution in [1.82, 2.24) is 14.5 Å². The number of piperazine rings is 1. The van der Waals surface area contributed by atoms with Gasteiger partial charge in [0.25, 0.3) is 11.4 Å². The van der Waals surface area contributed by atoms with Crippen molar-refractivity contribution in [2.75, 3.05) is 18.0 Å². The SMILES string of the molecule is [C-]#[N+]c1ccc2c(n1)c(N1C[C@@H](C)N(Cc3ccccc3O)C[C@@H]1C)cc(=O)n2C. The third-order valence-corrected chi connectivity index (χ3v) is 5.96. The lowest BCUT2D eigenvalue weighted by Crippen LogP contribution is -2.56. The van der Waals surface area contributed by atoms with Crippen molar-refractivity contribution in [3.63, 3.8) is 0 Å². The van der Waals surface area contributed by atoms with E-state index in [1.165, 1.54) is 0 Å². The molecule has 0 radical (unpaired) electrons. The van der Waals surface area contributed by atoms with Crippen LogP contribution in [0.4, 0.5) is 11.5 Å². The van der Waals surface area contributed by atoms with Crippen LogP contribution in [0.3, 0.4) is 0 Å². The minimum atomic E-state index is -0.0913. The van der Waals surface area contributed by atoms with E-state index in [2.05, 4.69) is 33.5 Å². The van der Waals surface area contributed by atoms with Crippen LogP contribution in [-0.2, 0) is 13.6 Å². The molecule has 0 unspecified atom stereocenters. The number of aromatic hydroxyl groups is 1. The monoisotopic (exact) mass is 403 g/mol. The van der Waals surface area contributed by atoms with Crippen molar-refractivity contribution in [1.29, 1.82) is 0 Å². The van der Waals surface area contributed by atoms with Crippen LogP contribution in [0.5, 0.6) is 5.75 Å². The van der Waals surface area contributed by atoms with Gasteiger partial charge in [-0.25, -0.2) is 0 Å². The number of hydrogen-bond acceptors (Lipinski definition) is 5. The lowest BCUT2D eigenvalue weighted by molar-refractivity contribution is 0.156. The number of benzene rings is 1. The fourth-order valence-corrected chi connectivity index (χ4v) is 4.20. The topological polar surface area (TPSA) is 66.0 Å². The zero-order chi connectivity index (χ0) is 21.4. The highest BCUT2D eigenvalue weighted by atomic mass is 16.3. The van der Waals surface area contributed by atoms with Gasteiger partial charge in [-0.3, -0.25) is 9.69 Å². The van der Waals surface area contributed by atoms with Gasteiger partial charge in [0.15, 0.2) is 0 Å². The zero-order valence-electron chi connectivity index (χ0n) is 17.4. The van der Waals surface area contributed by atoms with Crippen LogP contribution in [0.2, 0.25) is 0 Å². The van der Waals surface area contributed by atoms with E-state index in [1.54, 1.807) is 35.9 Å². The Morgan fingerprint density at radius 1 is 1.17 bits per heavy atom. The number of anilines is 1. The van der Waals surface area contributed by atoms with Gasteiger partial charge in [0.05, 0.1) is 11.2 Å². The molecule has 1 aliphatic heterocycles. The Kier molecular flexibility index (Phi) is 5.18. The molecule has 0 amide bonds. The number of rotatable bonds is 3. The van der Waals surface area contributed by atoms with E-state index < -0.39 is 0 Å². The summed E-state index contributed by atoms with van der Waals surface area (Å²) < 4.78 is 1.57. The smallest absolute Gasteiger partial charge is 0.270 e. The quantitative estimate of drug-likeness (QED) is 0.680. The average Bonchev–Trinajstić information content (AvgIpc) is 2.74. The number of pyridine rings is 2. The molecule has 0 spiro atoms. The van der Waals surface area contributed by atoms with Crippen molar-refractivity contribution in [3.8, 4) is 5.75 Å². The number of aryl methyl sites for hydroxylation is 1. The first-order valence-corrected chi connectivity index (χ1v) is 10.0. The van der Waals surface area contributed by atoms with E-state index in [-0.39, 0.29) is 17.6 Å². The van der Waals surface area contributed by atoms with Crippen LogP contribution in [0.1, 0.15) is 19.4 Å². The van der Waals surface area contributed by atoms with Crippen molar-refractivity contribution in [2.45, 2.75) is 32.5 Å². The summed E-state index contributed by atoms with van der Waals surface area (Å²) in [6.45, 7) is 13.8. The summed E-state index contributed by atoms with van der Waals surface area (Å²) in [6.07, 6.45) is 0. The summed E-state index contributed by atoms with van der Waals surface area (Å²) in [7, 11) is 1.73. The van der Waals surface area contributed by atoms with E-state index in [1.807, 2.05) is 18.2 Å². The van der Waals surface area contributed by atoms with Gasteiger partial charge in [-0.15, -0.1) is 4.98 Å². The first-order chi connectivity index (χ1) is 14.4. The molecule has 1 fully saturated rings. The summed E-state index contributed by atoms with van der Waals surface area (Å²) in [5.41, 5.74) is 3.00. The molecular weight excluding hydrogens is 378 g/mol. The fraction of sp³-hybridized carbons (Fsp3) is 0.348. The molecule has 0 aliphatic carbocycles. The lowest BCUT2D eigenvalue weighted by atomic mass is 10.0. The number of aromatic nitrogens is 2. The molecule has 1 aliphatic rings. The molecule has 1 saturated heterocycles. The maximum Gasteiger partial charge on any atom is 0.270 e. The number of para-hydroxylation sites is 1. The van der Waals surface area contributed by atoms with Crippen molar-refractivity contribution in [3.05, 3.63) is 69.8 Å². The number of nitrogens with zero attached hydrogens (tertiary/aromatic N) is 5. The molecule has 154 valence electrons. The van der Waals surface area contributed by atoms with Gasteiger partial charge in [-0.2, -0.15) is 0 Å². The summed E-state index contributed by atoms with van der Waals surface area (Å²) >= 11 is 0. The Labute approximate surface area is 175 Å². The summed E-state index contributed by atoms with van der Waals surface area (Å²) in [6, 6.07) is 12.9. The molecule has 2 aromatic heterocycles. The Balaban J connectivity index is 1.68. The molecule has 1 aromatic carbocycles. The van der Waals surface area contributed by atoms with Crippen molar-refractivity contribution < 1.29 is 5.11 Å². The molecule has 0 saturated carbocycles. The van der Waals surface area contributed by atoms with Crippen LogP contribution in [0.15, 0.2) is 47.3 Å². The average molecular weight is 403 g/mol. The highest BCUT2D eigenvalue weighted by Gasteiger charge is 2.32. The molecule has 3 aromatic rings. The Bertz CT molecular complexity index is 1200. The maximum absolute atomic E-state index is 12.6. The molecule has 0 bridgehead atoms.